The molecule has 1 atom stereocenters. The number of phenolic OH excluding ortho intramolecular Hbond substituents is 2. The van der Waals surface area contributed by atoms with Gasteiger partial charge < -0.3 is 21.1 Å². The second-order valence-electron chi connectivity index (χ2n) is 2.97. The summed E-state index contributed by atoms with van der Waals surface area (Å²) < 4.78 is 0. The lowest BCUT2D eigenvalue weighted by molar-refractivity contribution is -0.138. The SMILES string of the molecule is N[C@@H](Cc1ccc(O)c(O)c1)C(=O)O.[N]. The number of benzene rings is 1. The van der Waals surface area contributed by atoms with E-state index in [2.05, 4.69) is 0 Å². The average Bonchev–Trinajstić information content (AvgIpc) is 2.11. The summed E-state index contributed by atoms with van der Waals surface area (Å²) in [4.78, 5) is 10.4. The van der Waals surface area contributed by atoms with Gasteiger partial charge in [-0.3, -0.25) is 4.79 Å². The van der Waals surface area contributed by atoms with Crippen LogP contribution in [-0.4, -0.2) is 27.3 Å². The van der Waals surface area contributed by atoms with E-state index in [0.717, 1.165) is 0 Å². The molecule has 0 saturated heterocycles. The number of aliphatic carboxylic acids is 1. The molecule has 0 aromatic heterocycles. The number of rotatable bonds is 3. The predicted octanol–water partition coefficient (Wildman–Crippen LogP) is -0.428. The fourth-order valence-electron chi connectivity index (χ4n) is 1.04. The quantitative estimate of drug-likeness (QED) is 0.503. The molecule has 0 spiro atoms. The van der Waals surface area contributed by atoms with E-state index in [1.807, 2.05) is 0 Å². The van der Waals surface area contributed by atoms with E-state index in [1.165, 1.54) is 18.2 Å². The molecular weight excluding hydrogens is 200 g/mol. The number of carboxylic acids is 1. The zero-order valence-corrected chi connectivity index (χ0v) is 7.79. The topological polar surface area (TPSA) is 134 Å². The Morgan fingerprint density at radius 3 is 2.40 bits per heavy atom. The Bertz CT molecular complexity index is 354. The van der Waals surface area contributed by atoms with E-state index in [1.54, 1.807) is 0 Å². The lowest BCUT2D eigenvalue weighted by Crippen LogP contribution is -2.32. The van der Waals surface area contributed by atoms with Crippen molar-refractivity contribution in [3.05, 3.63) is 23.8 Å². The monoisotopic (exact) mass is 211 g/mol. The summed E-state index contributed by atoms with van der Waals surface area (Å²) >= 11 is 0. The van der Waals surface area contributed by atoms with Gasteiger partial charge in [-0.1, -0.05) is 6.07 Å². The van der Waals surface area contributed by atoms with Crippen LogP contribution in [0.1, 0.15) is 5.56 Å². The highest BCUT2D eigenvalue weighted by Crippen LogP contribution is 2.25. The Kier molecular flexibility index (Phi) is 4.56. The maximum absolute atomic E-state index is 10.4. The molecule has 0 aliphatic heterocycles. The van der Waals surface area contributed by atoms with Crippen LogP contribution in [0.15, 0.2) is 18.2 Å². The minimum Gasteiger partial charge on any atom is -0.504 e. The molecule has 3 radical (unpaired) electrons. The normalized spacial score (nSPS) is 11.5. The van der Waals surface area contributed by atoms with Crippen molar-refractivity contribution in [2.75, 3.05) is 0 Å². The summed E-state index contributed by atoms with van der Waals surface area (Å²) in [5.41, 5.74) is 5.86. The predicted molar refractivity (Wildman–Crippen MR) is 51.2 cm³/mol. The minimum absolute atomic E-state index is 0. The highest BCUT2D eigenvalue weighted by atomic mass is 16.4. The summed E-state index contributed by atoms with van der Waals surface area (Å²) in [5.74, 6) is -1.62. The Labute approximate surface area is 86.5 Å². The molecule has 0 heterocycles. The van der Waals surface area contributed by atoms with Crippen molar-refractivity contribution in [2.24, 2.45) is 5.73 Å². The van der Waals surface area contributed by atoms with Crippen LogP contribution >= 0.6 is 0 Å². The van der Waals surface area contributed by atoms with Crippen LogP contribution in [0.4, 0.5) is 0 Å². The first-order valence-electron chi connectivity index (χ1n) is 4.00. The molecule has 0 aliphatic carbocycles. The van der Waals surface area contributed by atoms with Gasteiger partial charge in [0.15, 0.2) is 11.5 Å². The molecule has 0 saturated carbocycles. The van der Waals surface area contributed by atoms with Crippen LogP contribution in [-0.2, 0) is 11.2 Å². The zero-order valence-electron chi connectivity index (χ0n) is 7.79. The number of carboxylic acid groups (broad SMARTS) is 1. The fraction of sp³-hybridized carbons (Fsp3) is 0.222. The summed E-state index contributed by atoms with van der Waals surface area (Å²) in [7, 11) is 0. The van der Waals surface area contributed by atoms with Gasteiger partial charge in [0.25, 0.3) is 0 Å². The molecule has 0 fully saturated rings. The molecule has 6 nitrogen and oxygen atoms in total. The van der Waals surface area contributed by atoms with Gasteiger partial charge in [-0.25, -0.2) is 0 Å². The smallest absolute Gasteiger partial charge is 0.320 e. The molecule has 1 aromatic rings. The van der Waals surface area contributed by atoms with E-state index in [4.69, 9.17) is 21.1 Å². The summed E-state index contributed by atoms with van der Waals surface area (Å²) in [5, 5.41) is 26.6. The summed E-state index contributed by atoms with van der Waals surface area (Å²) in [6.07, 6.45) is 0.114. The minimum atomic E-state index is -1.10. The molecular formula is C9H11N2O4. The number of carbonyl (C=O) groups is 1. The highest BCUT2D eigenvalue weighted by Gasteiger charge is 2.12. The third-order valence-electron chi connectivity index (χ3n) is 1.81. The van der Waals surface area contributed by atoms with Crippen molar-refractivity contribution >= 4 is 5.97 Å². The molecule has 5 N–H and O–H groups in total. The molecule has 1 rings (SSSR count). The van der Waals surface area contributed by atoms with Crippen molar-refractivity contribution < 1.29 is 20.1 Å². The van der Waals surface area contributed by atoms with Gasteiger partial charge in [-0.2, -0.15) is 0 Å². The average molecular weight is 211 g/mol. The molecule has 0 bridgehead atoms. The molecule has 15 heavy (non-hydrogen) atoms. The Morgan fingerprint density at radius 2 is 1.93 bits per heavy atom. The van der Waals surface area contributed by atoms with E-state index < -0.39 is 12.0 Å². The van der Waals surface area contributed by atoms with Gasteiger partial charge in [-0.15, -0.1) is 0 Å². The van der Waals surface area contributed by atoms with Gasteiger partial charge in [0.2, 0.25) is 0 Å². The van der Waals surface area contributed by atoms with E-state index >= 15 is 0 Å². The van der Waals surface area contributed by atoms with Crippen LogP contribution < -0.4 is 11.9 Å². The van der Waals surface area contributed by atoms with Crippen LogP contribution in [0.2, 0.25) is 0 Å². The summed E-state index contributed by atoms with van der Waals surface area (Å²) in [6.45, 7) is 0. The van der Waals surface area contributed by atoms with Gasteiger partial charge in [0.1, 0.15) is 6.04 Å². The molecule has 0 aliphatic rings. The molecule has 0 unspecified atom stereocenters. The first-order chi connectivity index (χ1) is 6.50. The van der Waals surface area contributed by atoms with E-state index in [-0.39, 0.29) is 24.1 Å². The largest absolute Gasteiger partial charge is 0.504 e. The second kappa shape index (κ2) is 5.18. The molecule has 81 valence electrons. The second-order valence-corrected chi connectivity index (χ2v) is 2.97. The van der Waals surface area contributed by atoms with Crippen LogP contribution in [0.25, 0.3) is 0 Å². The van der Waals surface area contributed by atoms with Crippen LogP contribution in [0.3, 0.4) is 0 Å². The Morgan fingerprint density at radius 1 is 1.33 bits per heavy atom. The van der Waals surface area contributed by atoms with Gasteiger partial charge in [0, 0.05) is 6.15 Å². The number of phenols is 2. The number of aromatic hydroxyl groups is 2. The number of nitrogens with two attached hydrogens (primary N) is 1. The van der Waals surface area contributed by atoms with Gasteiger partial charge in [0.05, 0.1) is 0 Å². The standard InChI is InChI=1S/C9H11NO4.N/c10-6(9(13)14)3-5-1-2-7(11)8(12)4-5;/h1-2,4,6,11-12H,3,10H2,(H,13,14);/t6-;/m0./s1. The molecule has 1 aromatic carbocycles. The van der Waals surface area contributed by atoms with Crippen LogP contribution in [0.5, 0.6) is 11.5 Å². The maximum Gasteiger partial charge on any atom is 0.320 e. The Hall–Kier alpha value is -1.79. The Balaban J connectivity index is 0.00000196. The zero-order chi connectivity index (χ0) is 10.7. The number of hydrogen-bond donors (Lipinski definition) is 4. The van der Waals surface area contributed by atoms with E-state index in [0.29, 0.717) is 5.56 Å². The lowest BCUT2D eigenvalue weighted by Gasteiger charge is -2.06. The molecule has 6 heteroatoms. The van der Waals surface area contributed by atoms with Crippen molar-refractivity contribution in [1.82, 2.24) is 6.15 Å². The van der Waals surface area contributed by atoms with E-state index in [9.17, 15) is 4.79 Å². The molecule has 0 amide bonds. The van der Waals surface area contributed by atoms with Gasteiger partial charge >= 0.3 is 5.97 Å². The van der Waals surface area contributed by atoms with Crippen LogP contribution in [0, 0.1) is 0 Å². The van der Waals surface area contributed by atoms with Gasteiger partial charge in [-0.05, 0) is 24.1 Å². The number of nitrogens with zero attached hydrogens (tertiary/aromatic N) is 1. The summed E-state index contributed by atoms with van der Waals surface area (Å²) in [6, 6.07) is 3.09. The van der Waals surface area contributed by atoms with Crippen molar-refractivity contribution in [2.45, 2.75) is 12.5 Å². The first-order valence-corrected chi connectivity index (χ1v) is 4.00. The fourth-order valence-corrected chi connectivity index (χ4v) is 1.04. The number of hydrogen-bond acceptors (Lipinski definition) is 4. The van der Waals surface area contributed by atoms with Crippen molar-refractivity contribution in [3.63, 3.8) is 0 Å². The third-order valence-corrected chi connectivity index (χ3v) is 1.81. The first kappa shape index (κ1) is 13.2. The highest BCUT2D eigenvalue weighted by molar-refractivity contribution is 5.73. The van der Waals surface area contributed by atoms with Crippen molar-refractivity contribution in [3.8, 4) is 11.5 Å². The third kappa shape index (κ3) is 3.45. The van der Waals surface area contributed by atoms with Crippen molar-refractivity contribution in [1.29, 1.82) is 0 Å². The maximum atomic E-state index is 10.4. The lowest BCUT2D eigenvalue weighted by atomic mass is 10.1.